The molecule has 3 rings (SSSR count). The molecule has 1 aromatic heterocycles. The van der Waals surface area contributed by atoms with E-state index in [4.69, 9.17) is 12.2 Å². The molecule has 0 saturated heterocycles. The van der Waals surface area contributed by atoms with Gasteiger partial charge >= 0.3 is 0 Å². The molecule has 1 aliphatic rings. The molecule has 0 unspecified atom stereocenters. The second-order valence-electron chi connectivity index (χ2n) is 5.64. The van der Waals surface area contributed by atoms with Crippen molar-refractivity contribution in [1.82, 2.24) is 14.8 Å². The summed E-state index contributed by atoms with van der Waals surface area (Å²) in [6.07, 6.45) is 2.48. The summed E-state index contributed by atoms with van der Waals surface area (Å²) in [6.45, 7) is 5.25. The van der Waals surface area contributed by atoms with Gasteiger partial charge in [0, 0.05) is 5.92 Å². The maximum atomic E-state index is 5.33. The largest absolute Gasteiger partial charge is 0.299 e. The van der Waals surface area contributed by atoms with Gasteiger partial charge in [0.25, 0.3) is 0 Å². The van der Waals surface area contributed by atoms with Crippen LogP contribution in [0, 0.1) is 4.77 Å². The van der Waals surface area contributed by atoms with Gasteiger partial charge in [-0.25, -0.2) is 0 Å². The van der Waals surface area contributed by atoms with E-state index in [1.54, 1.807) is 0 Å². The van der Waals surface area contributed by atoms with Crippen LogP contribution in [0.1, 0.15) is 55.5 Å². The zero-order valence-electron chi connectivity index (χ0n) is 11.4. The number of aromatic nitrogens is 3. The molecule has 0 atom stereocenters. The van der Waals surface area contributed by atoms with E-state index in [9.17, 15) is 0 Å². The SMILES string of the molecule is CC(C)c1ccc(Cn2c(C3CC3)n[nH]c2=S)cc1. The number of rotatable bonds is 4. The quantitative estimate of drug-likeness (QED) is 0.855. The molecule has 1 fully saturated rings. The molecule has 1 N–H and O–H groups in total. The van der Waals surface area contributed by atoms with Crippen molar-refractivity contribution in [1.29, 1.82) is 0 Å². The molecule has 0 amide bonds. The highest BCUT2D eigenvalue weighted by atomic mass is 32.1. The predicted molar refractivity (Wildman–Crippen MR) is 79.0 cm³/mol. The van der Waals surface area contributed by atoms with E-state index in [1.165, 1.54) is 24.0 Å². The van der Waals surface area contributed by atoms with E-state index in [-0.39, 0.29) is 0 Å². The van der Waals surface area contributed by atoms with Crippen molar-refractivity contribution in [2.45, 2.75) is 45.1 Å². The van der Waals surface area contributed by atoms with Crippen molar-refractivity contribution in [3.63, 3.8) is 0 Å². The van der Waals surface area contributed by atoms with Gasteiger partial charge in [0.05, 0.1) is 6.54 Å². The van der Waals surface area contributed by atoms with Crippen molar-refractivity contribution in [2.75, 3.05) is 0 Å². The van der Waals surface area contributed by atoms with Crippen molar-refractivity contribution in [3.8, 4) is 0 Å². The lowest BCUT2D eigenvalue weighted by molar-refractivity contribution is 0.718. The summed E-state index contributed by atoms with van der Waals surface area (Å²) in [5, 5.41) is 7.29. The Morgan fingerprint density at radius 1 is 1.32 bits per heavy atom. The Morgan fingerprint density at radius 3 is 2.58 bits per heavy atom. The second-order valence-corrected chi connectivity index (χ2v) is 6.03. The van der Waals surface area contributed by atoms with Crippen LogP contribution in [0.25, 0.3) is 0 Å². The molecule has 19 heavy (non-hydrogen) atoms. The molecule has 0 radical (unpaired) electrons. The second kappa shape index (κ2) is 4.93. The van der Waals surface area contributed by atoms with Gasteiger partial charge in [0.1, 0.15) is 5.82 Å². The molecular weight excluding hydrogens is 254 g/mol. The minimum atomic E-state index is 0.576. The smallest absolute Gasteiger partial charge is 0.195 e. The van der Waals surface area contributed by atoms with E-state index >= 15 is 0 Å². The van der Waals surface area contributed by atoms with E-state index in [0.29, 0.717) is 11.8 Å². The Kier molecular flexibility index (Phi) is 3.27. The minimum Gasteiger partial charge on any atom is -0.299 e. The first-order chi connectivity index (χ1) is 9.15. The normalized spacial score (nSPS) is 15.1. The third-order valence-corrected chi connectivity index (χ3v) is 4.03. The van der Waals surface area contributed by atoms with Crippen LogP contribution in [0.2, 0.25) is 0 Å². The number of nitrogens with one attached hydrogen (secondary N) is 1. The van der Waals surface area contributed by atoms with E-state index < -0.39 is 0 Å². The molecule has 1 aliphatic carbocycles. The van der Waals surface area contributed by atoms with Gasteiger partial charge in [-0.1, -0.05) is 38.1 Å². The lowest BCUT2D eigenvalue weighted by atomic mass is 10.0. The van der Waals surface area contributed by atoms with Crippen LogP contribution in [-0.4, -0.2) is 14.8 Å². The fourth-order valence-electron chi connectivity index (χ4n) is 2.33. The highest BCUT2D eigenvalue weighted by molar-refractivity contribution is 7.71. The van der Waals surface area contributed by atoms with Gasteiger partial charge in [-0.2, -0.15) is 5.10 Å². The Bertz CT molecular complexity index is 618. The van der Waals surface area contributed by atoms with E-state index in [0.717, 1.165) is 17.1 Å². The first-order valence-electron chi connectivity index (χ1n) is 6.89. The molecule has 0 aliphatic heterocycles. The number of H-pyrrole nitrogens is 1. The summed E-state index contributed by atoms with van der Waals surface area (Å²) < 4.78 is 2.87. The van der Waals surface area contributed by atoms with Crippen LogP contribution >= 0.6 is 12.2 Å². The summed E-state index contributed by atoms with van der Waals surface area (Å²) in [5.74, 6) is 2.31. The summed E-state index contributed by atoms with van der Waals surface area (Å²) in [4.78, 5) is 0. The topological polar surface area (TPSA) is 33.6 Å². The minimum absolute atomic E-state index is 0.576. The van der Waals surface area contributed by atoms with Crippen LogP contribution in [0.4, 0.5) is 0 Å². The van der Waals surface area contributed by atoms with Crippen molar-refractivity contribution >= 4 is 12.2 Å². The van der Waals surface area contributed by atoms with Crippen molar-refractivity contribution in [3.05, 3.63) is 46.0 Å². The molecule has 4 heteroatoms. The van der Waals surface area contributed by atoms with Gasteiger partial charge < -0.3 is 0 Å². The molecule has 3 nitrogen and oxygen atoms in total. The maximum absolute atomic E-state index is 5.33. The number of aromatic amines is 1. The number of benzene rings is 1. The first-order valence-corrected chi connectivity index (χ1v) is 7.30. The van der Waals surface area contributed by atoms with Crippen LogP contribution in [0.15, 0.2) is 24.3 Å². The third-order valence-electron chi connectivity index (χ3n) is 3.72. The first kappa shape index (κ1) is 12.6. The number of hydrogen-bond acceptors (Lipinski definition) is 2. The zero-order valence-corrected chi connectivity index (χ0v) is 12.2. The zero-order chi connectivity index (χ0) is 13.4. The molecule has 0 spiro atoms. The van der Waals surface area contributed by atoms with Gasteiger partial charge in [-0.3, -0.25) is 9.67 Å². The Balaban J connectivity index is 1.84. The summed E-state index contributed by atoms with van der Waals surface area (Å²) in [5.41, 5.74) is 2.66. The van der Waals surface area contributed by atoms with Crippen LogP contribution in [0.3, 0.4) is 0 Å². The highest BCUT2D eigenvalue weighted by Crippen LogP contribution is 2.39. The maximum Gasteiger partial charge on any atom is 0.195 e. The summed E-state index contributed by atoms with van der Waals surface area (Å²) in [7, 11) is 0. The molecule has 1 aromatic carbocycles. The number of nitrogens with zero attached hydrogens (tertiary/aromatic N) is 2. The Hall–Kier alpha value is -1.42. The molecule has 100 valence electrons. The molecule has 2 aromatic rings. The van der Waals surface area contributed by atoms with Crippen LogP contribution in [-0.2, 0) is 6.54 Å². The van der Waals surface area contributed by atoms with Gasteiger partial charge in [-0.05, 0) is 42.1 Å². The average molecular weight is 273 g/mol. The summed E-state index contributed by atoms with van der Waals surface area (Å²) in [6, 6.07) is 8.81. The van der Waals surface area contributed by atoms with Crippen LogP contribution in [0.5, 0.6) is 0 Å². The molecular formula is C15H19N3S. The van der Waals surface area contributed by atoms with Crippen molar-refractivity contribution in [2.24, 2.45) is 0 Å². The van der Waals surface area contributed by atoms with Gasteiger partial charge in [-0.15, -0.1) is 0 Å². The van der Waals surface area contributed by atoms with E-state index in [2.05, 4.69) is 52.9 Å². The Morgan fingerprint density at radius 2 is 2.00 bits per heavy atom. The molecule has 0 bridgehead atoms. The fraction of sp³-hybridized carbons (Fsp3) is 0.467. The van der Waals surface area contributed by atoms with Crippen LogP contribution < -0.4 is 0 Å². The fourth-order valence-corrected chi connectivity index (χ4v) is 2.53. The monoisotopic (exact) mass is 273 g/mol. The molecule has 1 saturated carbocycles. The van der Waals surface area contributed by atoms with Gasteiger partial charge in [0.2, 0.25) is 0 Å². The van der Waals surface area contributed by atoms with E-state index in [1.807, 2.05) is 0 Å². The summed E-state index contributed by atoms with van der Waals surface area (Å²) >= 11 is 5.33. The standard InChI is InChI=1S/C15H19N3S/c1-10(2)12-5-3-11(4-6-12)9-18-14(13-7-8-13)16-17-15(18)19/h3-6,10,13H,7-9H2,1-2H3,(H,17,19). The van der Waals surface area contributed by atoms with Gasteiger partial charge in [0.15, 0.2) is 4.77 Å². The highest BCUT2D eigenvalue weighted by Gasteiger charge is 2.28. The molecule has 1 heterocycles. The number of hydrogen-bond donors (Lipinski definition) is 1. The lowest BCUT2D eigenvalue weighted by Gasteiger charge is -2.09. The lowest BCUT2D eigenvalue weighted by Crippen LogP contribution is -2.04. The average Bonchev–Trinajstić information content (AvgIpc) is 3.17. The Labute approximate surface area is 118 Å². The predicted octanol–water partition coefficient (Wildman–Crippen LogP) is 3.99. The third kappa shape index (κ3) is 2.63. The van der Waals surface area contributed by atoms with Crippen molar-refractivity contribution < 1.29 is 0 Å².